The summed E-state index contributed by atoms with van der Waals surface area (Å²) in [4.78, 5) is 70.0. The number of fused-ring (bicyclic) bond motifs is 1. The van der Waals surface area contributed by atoms with Gasteiger partial charge in [-0.3, -0.25) is 19.2 Å². The lowest BCUT2D eigenvalue weighted by molar-refractivity contribution is -0.145. The minimum absolute atomic E-state index is 0.0323. The molecule has 12 heteroatoms. The number of rotatable bonds is 14. The van der Waals surface area contributed by atoms with E-state index in [1.165, 1.54) is 0 Å². The summed E-state index contributed by atoms with van der Waals surface area (Å²) in [7, 11) is -3.55. The topological polar surface area (TPSA) is 159 Å². The van der Waals surface area contributed by atoms with Gasteiger partial charge in [-0.1, -0.05) is 73.6 Å². The molecule has 0 bridgehead atoms. The summed E-state index contributed by atoms with van der Waals surface area (Å²) >= 11 is 0. The van der Waals surface area contributed by atoms with E-state index in [0.29, 0.717) is 32.2 Å². The number of hydrogen-bond donors (Lipinski definition) is 3. The molecule has 0 aromatic carbocycles. The van der Waals surface area contributed by atoms with E-state index in [1.807, 2.05) is 27.7 Å². The third kappa shape index (κ3) is 8.87. The van der Waals surface area contributed by atoms with Gasteiger partial charge in [-0.25, -0.2) is 13.2 Å². The Balaban J connectivity index is 1.54. The molecular formula is C37H62N4O7S. The van der Waals surface area contributed by atoms with Crippen LogP contribution in [-0.4, -0.2) is 83.4 Å². The number of nitrogens with one attached hydrogen (secondary N) is 3. The Hall–Kier alpha value is -2.50. The van der Waals surface area contributed by atoms with Gasteiger partial charge in [-0.2, -0.15) is 0 Å². The zero-order chi connectivity index (χ0) is 36.7. The Morgan fingerprint density at radius 3 is 2.08 bits per heavy atom. The molecule has 49 heavy (non-hydrogen) atoms. The number of sulfone groups is 1. The summed E-state index contributed by atoms with van der Waals surface area (Å²) in [6, 6.07) is -2.32. The fraction of sp³-hybridized carbons (Fsp3) is 0.865. The van der Waals surface area contributed by atoms with Crippen LogP contribution in [0.1, 0.15) is 133 Å². The maximum Gasteiger partial charge on any atom is 0.315 e. The lowest BCUT2D eigenvalue weighted by atomic mass is 9.83. The number of carbonyl (C=O) groups is 5. The fourth-order valence-corrected chi connectivity index (χ4v) is 9.55. The molecule has 0 radical (unpaired) electrons. The highest BCUT2D eigenvalue weighted by atomic mass is 32.2. The van der Waals surface area contributed by atoms with Crippen molar-refractivity contribution in [2.75, 3.05) is 12.3 Å². The quantitative estimate of drug-likeness (QED) is 0.221. The lowest BCUT2D eigenvalue weighted by Gasteiger charge is -2.41. The summed E-state index contributed by atoms with van der Waals surface area (Å²) < 4.78 is 25.6. The van der Waals surface area contributed by atoms with Gasteiger partial charge in [-0.15, -0.1) is 0 Å². The highest BCUT2D eigenvalue weighted by Crippen LogP contribution is 2.65. The third-order valence-electron chi connectivity index (χ3n) is 11.7. The van der Waals surface area contributed by atoms with Crippen LogP contribution in [0.5, 0.6) is 0 Å². The van der Waals surface area contributed by atoms with Crippen LogP contribution >= 0.6 is 0 Å². The van der Waals surface area contributed by atoms with Crippen LogP contribution < -0.4 is 16.0 Å². The average molecular weight is 707 g/mol. The molecule has 1 aliphatic heterocycles. The molecule has 5 atom stereocenters. The summed E-state index contributed by atoms with van der Waals surface area (Å²) in [6.45, 7) is 17.1. The molecular weight excluding hydrogens is 644 g/mol. The first-order chi connectivity index (χ1) is 22.5. The monoisotopic (exact) mass is 706 g/mol. The standard InChI is InChI=1S/C37H62N4O7S/c1-10-11-15-23(29(43)31(44)38-24-16-17-24)20-26(42)28-27-25(36(27,8)9)21-41(28)32(45)30(34(2,3)4)39-33(46)40-37(18-13-12-14-19-37)22-49(47,48)35(5,6)7/h23-25,27-28,30H,10-22H2,1-9H3,(H,38,44)(H2,39,40,46)/t23-,25+,27+,28?,30-/m1/s1. The second kappa shape index (κ2) is 14.3. The predicted molar refractivity (Wildman–Crippen MR) is 189 cm³/mol. The fourth-order valence-electron chi connectivity index (χ4n) is 8.03. The molecule has 11 nitrogen and oxygen atoms in total. The normalized spacial score (nSPS) is 25.8. The van der Waals surface area contributed by atoms with Crippen molar-refractivity contribution in [3.63, 3.8) is 0 Å². The second-order valence-corrected chi connectivity index (χ2v) is 20.9. The van der Waals surface area contributed by atoms with E-state index >= 15 is 0 Å². The van der Waals surface area contributed by atoms with E-state index in [4.69, 9.17) is 0 Å². The van der Waals surface area contributed by atoms with Crippen LogP contribution in [-0.2, 0) is 29.0 Å². The predicted octanol–water partition coefficient (Wildman–Crippen LogP) is 4.71. The van der Waals surface area contributed by atoms with Gasteiger partial charge < -0.3 is 20.9 Å². The second-order valence-electron chi connectivity index (χ2n) is 18.1. The van der Waals surface area contributed by atoms with Crippen molar-refractivity contribution in [3.8, 4) is 0 Å². The van der Waals surface area contributed by atoms with Crippen LogP contribution in [0.2, 0.25) is 0 Å². The van der Waals surface area contributed by atoms with E-state index < -0.39 is 61.3 Å². The Bertz CT molecular complexity index is 1400. The molecule has 4 fully saturated rings. The summed E-state index contributed by atoms with van der Waals surface area (Å²) in [6.07, 6.45) is 7.16. The van der Waals surface area contributed by atoms with Crippen LogP contribution in [0.4, 0.5) is 4.79 Å². The zero-order valence-corrected chi connectivity index (χ0v) is 32.2. The molecule has 3 aliphatic carbocycles. The van der Waals surface area contributed by atoms with E-state index in [2.05, 4.69) is 29.8 Å². The summed E-state index contributed by atoms with van der Waals surface area (Å²) in [5.41, 5.74) is -1.83. The van der Waals surface area contributed by atoms with Crippen LogP contribution in [0.15, 0.2) is 0 Å². The molecule has 278 valence electrons. The van der Waals surface area contributed by atoms with Crippen molar-refractivity contribution in [2.45, 2.75) is 161 Å². The molecule has 3 saturated carbocycles. The van der Waals surface area contributed by atoms with Crippen molar-refractivity contribution in [2.24, 2.45) is 28.6 Å². The maximum absolute atomic E-state index is 14.5. The van der Waals surface area contributed by atoms with Gasteiger partial charge in [0.15, 0.2) is 15.6 Å². The molecule has 1 heterocycles. The van der Waals surface area contributed by atoms with E-state index in [1.54, 1.807) is 25.7 Å². The Kier molecular flexibility index (Phi) is 11.4. The number of piperidine rings is 1. The number of Topliss-reactive ketones (excluding diaryl/α,β-unsaturated/α-hetero) is 2. The molecule has 1 unspecified atom stereocenters. The van der Waals surface area contributed by atoms with Gasteiger partial charge in [0.05, 0.1) is 22.1 Å². The molecule has 4 amide bonds. The van der Waals surface area contributed by atoms with E-state index in [0.717, 1.165) is 38.5 Å². The van der Waals surface area contributed by atoms with Gasteiger partial charge in [-0.05, 0) is 75.5 Å². The lowest BCUT2D eigenvalue weighted by Crippen LogP contribution is -2.63. The first-order valence-corrected chi connectivity index (χ1v) is 20.2. The summed E-state index contributed by atoms with van der Waals surface area (Å²) in [5.74, 6) is -2.67. The van der Waals surface area contributed by atoms with Gasteiger partial charge in [0.1, 0.15) is 6.04 Å². The molecule has 4 rings (SSSR count). The Morgan fingerprint density at radius 1 is 0.939 bits per heavy atom. The number of carbonyl (C=O) groups excluding carboxylic acids is 5. The molecule has 0 aromatic heterocycles. The van der Waals surface area contributed by atoms with Crippen LogP contribution in [0.3, 0.4) is 0 Å². The number of unbranched alkanes of at least 4 members (excludes halogenated alkanes) is 1. The van der Waals surface area contributed by atoms with Gasteiger partial charge >= 0.3 is 6.03 Å². The highest BCUT2D eigenvalue weighted by molar-refractivity contribution is 7.92. The molecule has 0 spiro atoms. The van der Waals surface area contributed by atoms with E-state index in [-0.39, 0.29) is 47.2 Å². The molecule has 4 aliphatic rings. The summed E-state index contributed by atoms with van der Waals surface area (Å²) in [5, 5.41) is 8.70. The Morgan fingerprint density at radius 2 is 1.55 bits per heavy atom. The van der Waals surface area contributed by atoms with Crippen LogP contribution in [0.25, 0.3) is 0 Å². The SMILES string of the molecule is CCCC[C@H](CC(=O)C1[C@@H]2[C@H](CN1C(=O)[C@@H](NC(=O)NC1(CS(=O)(=O)C(C)(C)C)CCCCC1)C(C)(C)C)C2(C)C)C(=O)C(=O)NC1CC1. The smallest absolute Gasteiger partial charge is 0.315 e. The average Bonchev–Trinajstić information content (AvgIpc) is 3.83. The molecule has 0 aromatic rings. The minimum Gasteiger partial charge on any atom is -0.347 e. The van der Waals surface area contributed by atoms with Crippen molar-refractivity contribution < 1.29 is 32.4 Å². The molecule has 3 N–H and O–H groups in total. The number of hydrogen-bond acceptors (Lipinski definition) is 7. The van der Waals surface area contributed by atoms with Gasteiger partial charge in [0.2, 0.25) is 11.7 Å². The number of urea groups is 1. The number of amides is 4. The van der Waals surface area contributed by atoms with Crippen LogP contribution in [0, 0.1) is 28.6 Å². The van der Waals surface area contributed by atoms with Crippen molar-refractivity contribution >= 4 is 39.2 Å². The minimum atomic E-state index is -3.55. The molecule has 1 saturated heterocycles. The van der Waals surface area contributed by atoms with Gasteiger partial charge in [0.25, 0.3) is 5.91 Å². The number of ketones is 2. The van der Waals surface area contributed by atoms with Crippen molar-refractivity contribution in [1.82, 2.24) is 20.9 Å². The van der Waals surface area contributed by atoms with Gasteiger partial charge in [0, 0.05) is 24.9 Å². The van der Waals surface area contributed by atoms with E-state index in [9.17, 15) is 32.4 Å². The Labute approximate surface area is 294 Å². The number of likely N-dealkylation sites (tertiary alicyclic amines) is 1. The highest BCUT2D eigenvalue weighted by Gasteiger charge is 2.69. The third-order valence-corrected chi connectivity index (χ3v) is 14.5. The first kappa shape index (κ1) is 39.3. The zero-order valence-electron chi connectivity index (χ0n) is 31.4. The maximum atomic E-state index is 14.5. The number of nitrogens with zero attached hydrogens (tertiary/aromatic N) is 1. The van der Waals surface area contributed by atoms with Crippen molar-refractivity contribution in [1.29, 1.82) is 0 Å². The largest absolute Gasteiger partial charge is 0.347 e. The van der Waals surface area contributed by atoms with Crippen molar-refractivity contribution in [3.05, 3.63) is 0 Å². The first-order valence-electron chi connectivity index (χ1n) is 18.5.